The summed E-state index contributed by atoms with van der Waals surface area (Å²) in [4.78, 5) is 27.9. The summed E-state index contributed by atoms with van der Waals surface area (Å²) in [6.45, 7) is 4.79. The van der Waals surface area contributed by atoms with E-state index in [9.17, 15) is 9.59 Å². The van der Waals surface area contributed by atoms with Crippen LogP contribution in [-0.4, -0.2) is 55.0 Å². The van der Waals surface area contributed by atoms with Gasteiger partial charge in [0.05, 0.1) is 13.5 Å². The molecule has 1 atom stereocenters. The Morgan fingerprint density at radius 3 is 2.58 bits per heavy atom. The minimum absolute atomic E-state index is 0.0822. The number of amides is 1. The van der Waals surface area contributed by atoms with Crippen LogP contribution in [0.5, 0.6) is 0 Å². The van der Waals surface area contributed by atoms with Gasteiger partial charge in [-0.25, -0.2) is 0 Å². The van der Waals surface area contributed by atoms with E-state index in [1.807, 2.05) is 11.0 Å². The van der Waals surface area contributed by atoms with Gasteiger partial charge >= 0.3 is 5.97 Å². The van der Waals surface area contributed by atoms with E-state index in [0.29, 0.717) is 0 Å². The van der Waals surface area contributed by atoms with E-state index in [4.69, 9.17) is 0 Å². The Bertz CT molecular complexity index is 590. The van der Waals surface area contributed by atoms with Gasteiger partial charge in [0.2, 0.25) is 5.91 Å². The number of likely N-dealkylation sites (tertiary alicyclic amines) is 2. The maximum absolute atomic E-state index is 12.3. The molecule has 0 bridgehead atoms. The van der Waals surface area contributed by atoms with Gasteiger partial charge in [0.15, 0.2) is 0 Å². The first-order valence-corrected chi connectivity index (χ1v) is 8.71. The highest BCUT2D eigenvalue weighted by Gasteiger charge is 2.44. The molecule has 1 spiro atoms. The van der Waals surface area contributed by atoms with E-state index in [2.05, 4.69) is 33.9 Å². The molecule has 0 aliphatic carbocycles. The van der Waals surface area contributed by atoms with Gasteiger partial charge in [-0.2, -0.15) is 0 Å². The largest absolute Gasteiger partial charge is 0.469 e. The van der Waals surface area contributed by atoms with Crippen LogP contribution in [-0.2, 0) is 20.9 Å². The van der Waals surface area contributed by atoms with E-state index in [1.54, 1.807) is 0 Å². The van der Waals surface area contributed by atoms with Crippen LogP contribution >= 0.6 is 0 Å². The first kappa shape index (κ1) is 17.0. The van der Waals surface area contributed by atoms with E-state index in [-0.39, 0.29) is 30.1 Å². The van der Waals surface area contributed by atoms with Gasteiger partial charge in [-0.1, -0.05) is 30.3 Å². The Labute approximate surface area is 143 Å². The standard InChI is InChI=1S/C19H26N2O3/c1-24-18(23)8-7-17(22)21-12-10-19(15-21)9-11-20(14-19)13-16-5-3-2-4-6-16/h2-6H,7-15H2,1H3. The number of esters is 1. The van der Waals surface area contributed by atoms with Gasteiger partial charge in [-0.15, -0.1) is 0 Å². The number of hydrogen-bond acceptors (Lipinski definition) is 4. The number of benzene rings is 1. The van der Waals surface area contributed by atoms with E-state index >= 15 is 0 Å². The number of carbonyl (C=O) groups is 2. The molecule has 5 nitrogen and oxygen atoms in total. The highest BCUT2D eigenvalue weighted by atomic mass is 16.5. The lowest BCUT2D eigenvalue weighted by atomic mass is 9.86. The zero-order chi connectivity index (χ0) is 17.0. The van der Waals surface area contributed by atoms with E-state index in [0.717, 1.165) is 45.6 Å². The maximum Gasteiger partial charge on any atom is 0.306 e. The van der Waals surface area contributed by atoms with Crippen LogP contribution in [0.2, 0.25) is 0 Å². The predicted molar refractivity (Wildman–Crippen MR) is 91.2 cm³/mol. The third kappa shape index (κ3) is 3.96. The van der Waals surface area contributed by atoms with Gasteiger partial charge in [0, 0.05) is 38.0 Å². The average molecular weight is 330 g/mol. The van der Waals surface area contributed by atoms with Gasteiger partial charge < -0.3 is 9.64 Å². The quantitative estimate of drug-likeness (QED) is 0.776. The van der Waals surface area contributed by atoms with Gasteiger partial charge in [0.1, 0.15) is 0 Å². The summed E-state index contributed by atoms with van der Waals surface area (Å²) in [5, 5.41) is 0. The Morgan fingerprint density at radius 1 is 1.08 bits per heavy atom. The smallest absolute Gasteiger partial charge is 0.306 e. The molecule has 0 saturated carbocycles. The van der Waals surface area contributed by atoms with Gasteiger partial charge in [-0.3, -0.25) is 14.5 Å². The summed E-state index contributed by atoms with van der Waals surface area (Å²) >= 11 is 0. The van der Waals surface area contributed by atoms with Crippen LogP contribution in [0.15, 0.2) is 30.3 Å². The van der Waals surface area contributed by atoms with Crippen molar-refractivity contribution in [3.05, 3.63) is 35.9 Å². The number of ether oxygens (including phenoxy) is 1. The number of rotatable bonds is 5. The summed E-state index contributed by atoms with van der Waals surface area (Å²) in [6, 6.07) is 10.5. The summed E-state index contributed by atoms with van der Waals surface area (Å²) in [5.74, 6) is -0.231. The molecule has 0 radical (unpaired) electrons. The molecule has 2 aliphatic heterocycles. The Balaban J connectivity index is 1.50. The topological polar surface area (TPSA) is 49.9 Å². The minimum Gasteiger partial charge on any atom is -0.469 e. The number of nitrogens with zero attached hydrogens (tertiary/aromatic N) is 2. The summed E-state index contributed by atoms with van der Waals surface area (Å²) in [6.07, 6.45) is 2.66. The van der Waals surface area contributed by atoms with Gasteiger partial charge in [-0.05, 0) is 24.9 Å². The molecule has 0 aromatic heterocycles. The first-order valence-electron chi connectivity index (χ1n) is 8.71. The van der Waals surface area contributed by atoms with Crippen molar-refractivity contribution in [2.45, 2.75) is 32.2 Å². The molecule has 0 N–H and O–H groups in total. The highest BCUT2D eigenvalue weighted by molar-refractivity contribution is 5.81. The minimum atomic E-state index is -0.313. The molecule has 2 heterocycles. The molecular formula is C19H26N2O3. The third-order valence-electron chi connectivity index (χ3n) is 5.33. The Morgan fingerprint density at radius 2 is 1.83 bits per heavy atom. The van der Waals surface area contributed by atoms with Crippen molar-refractivity contribution in [2.24, 2.45) is 5.41 Å². The predicted octanol–water partition coefficient (Wildman–Crippen LogP) is 2.06. The molecule has 3 rings (SSSR count). The second kappa shape index (κ2) is 7.34. The fourth-order valence-electron chi connectivity index (χ4n) is 3.95. The molecule has 2 saturated heterocycles. The molecular weight excluding hydrogens is 304 g/mol. The van der Waals surface area contributed by atoms with Crippen LogP contribution in [0.25, 0.3) is 0 Å². The van der Waals surface area contributed by atoms with Crippen LogP contribution < -0.4 is 0 Å². The lowest BCUT2D eigenvalue weighted by Gasteiger charge is -2.25. The summed E-state index contributed by atoms with van der Waals surface area (Å²) in [5.41, 5.74) is 1.59. The van der Waals surface area contributed by atoms with Crippen molar-refractivity contribution >= 4 is 11.9 Å². The van der Waals surface area contributed by atoms with Crippen LogP contribution in [0.1, 0.15) is 31.2 Å². The fraction of sp³-hybridized carbons (Fsp3) is 0.579. The molecule has 2 aliphatic rings. The fourth-order valence-corrected chi connectivity index (χ4v) is 3.95. The summed E-state index contributed by atoms with van der Waals surface area (Å²) < 4.78 is 4.61. The van der Waals surface area contributed by atoms with E-state index in [1.165, 1.54) is 12.7 Å². The number of methoxy groups -OCH3 is 1. The normalized spacial score (nSPS) is 23.8. The molecule has 5 heteroatoms. The number of carbonyl (C=O) groups excluding carboxylic acids is 2. The van der Waals surface area contributed by atoms with Gasteiger partial charge in [0.25, 0.3) is 0 Å². The third-order valence-corrected chi connectivity index (χ3v) is 5.33. The van der Waals surface area contributed by atoms with Crippen LogP contribution in [0.4, 0.5) is 0 Å². The molecule has 1 aromatic rings. The molecule has 1 amide bonds. The molecule has 24 heavy (non-hydrogen) atoms. The SMILES string of the molecule is COC(=O)CCC(=O)N1CCC2(CCN(Cc3ccccc3)C2)C1. The Kier molecular flexibility index (Phi) is 5.19. The lowest BCUT2D eigenvalue weighted by molar-refractivity contribution is -0.143. The molecule has 1 unspecified atom stereocenters. The van der Waals surface area contributed by atoms with Crippen molar-refractivity contribution < 1.29 is 14.3 Å². The Hall–Kier alpha value is -1.88. The van der Waals surface area contributed by atoms with Crippen LogP contribution in [0, 0.1) is 5.41 Å². The van der Waals surface area contributed by atoms with Crippen molar-refractivity contribution in [2.75, 3.05) is 33.3 Å². The second-order valence-corrected chi connectivity index (χ2v) is 7.09. The van der Waals surface area contributed by atoms with Crippen molar-refractivity contribution in [3.8, 4) is 0 Å². The molecule has 2 fully saturated rings. The van der Waals surface area contributed by atoms with Crippen molar-refractivity contribution in [1.29, 1.82) is 0 Å². The van der Waals surface area contributed by atoms with Crippen molar-refractivity contribution in [1.82, 2.24) is 9.80 Å². The van der Waals surface area contributed by atoms with Crippen molar-refractivity contribution in [3.63, 3.8) is 0 Å². The maximum atomic E-state index is 12.3. The average Bonchev–Trinajstić information content (AvgIpc) is 3.20. The zero-order valence-electron chi connectivity index (χ0n) is 14.4. The number of hydrogen-bond donors (Lipinski definition) is 0. The summed E-state index contributed by atoms with van der Waals surface area (Å²) in [7, 11) is 1.36. The molecule has 130 valence electrons. The second-order valence-electron chi connectivity index (χ2n) is 7.09. The lowest BCUT2D eigenvalue weighted by Crippen LogP contribution is -2.34. The highest BCUT2D eigenvalue weighted by Crippen LogP contribution is 2.40. The molecule has 1 aromatic carbocycles. The first-order chi connectivity index (χ1) is 11.6. The van der Waals surface area contributed by atoms with Crippen LogP contribution in [0.3, 0.4) is 0 Å². The monoisotopic (exact) mass is 330 g/mol. The zero-order valence-corrected chi connectivity index (χ0v) is 14.4. The van der Waals surface area contributed by atoms with E-state index < -0.39 is 0 Å².